The average molecular weight is 352 g/mol. The maximum absolute atomic E-state index is 12.4. The number of benzene rings is 1. The van der Waals surface area contributed by atoms with Crippen molar-refractivity contribution in [3.05, 3.63) is 60.0 Å². The van der Waals surface area contributed by atoms with Crippen LogP contribution in [0.3, 0.4) is 0 Å². The van der Waals surface area contributed by atoms with Crippen LogP contribution >= 0.6 is 0 Å². The first-order valence-corrected chi connectivity index (χ1v) is 8.07. The summed E-state index contributed by atoms with van der Waals surface area (Å²) >= 11 is 0. The maximum Gasteiger partial charge on any atom is 0.272 e. The second-order valence-electron chi connectivity index (χ2n) is 5.61. The van der Waals surface area contributed by atoms with Gasteiger partial charge < -0.3 is 14.8 Å². The molecule has 3 rings (SSSR count). The molecule has 1 aromatic carbocycles. The van der Waals surface area contributed by atoms with Crippen LogP contribution in [0.15, 0.2) is 48.7 Å². The Balaban J connectivity index is 1.84. The molecule has 3 aromatic rings. The Hall–Kier alpha value is -3.35. The van der Waals surface area contributed by atoms with E-state index in [-0.39, 0.29) is 5.91 Å². The average Bonchev–Trinajstić information content (AvgIpc) is 3.08. The number of rotatable bonds is 6. The smallest absolute Gasteiger partial charge is 0.272 e. The predicted octanol–water partition coefficient (Wildman–Crippen LogP) is 2.43. The Labute approximate surface area is 151 Å². The van der Waals surface area contributed by atoms with Crippen molar-refractivity contribution < 1.29 is 14.3 Å². The van der Waals surface area contributed by atoms with Gasteiger partial charge in [0.1, 0.15) is 11.5 Å². The number of pyridine rings is 1. The fourth-order valence-corrected chi connectivity index (χ4v) is 2.61. The molecule has 0 radical (unpaired) electrons. The minimum atomic E-state index is -0.264. The van der Waals surface area contributed by atoms with Gasteiger partial charge in [-0.3, -0.25) is 14.5 Å². The third-order valence-electron chi connectivity index (χ3n) is 3.95. The van der Waals surface area contributed by atoms with E-state index >= 15 is 0 Å². The number of methoxy groups -OCH3 is 2. The van der Waals surface area contributed by atoms with Gasteiger partial charge in [-0.1, -0.05) is 6.07 Å². The lowest BCUT2D eigenvalue weighted by Crippen LogP contribution is -2.23. The van der Waals surface area contributed by atoms with Gasteiger partial charge in [-0.2, -0.15) is 5.10 Å². The van der Waals surface area contributed by atoms with Crippen LogP contribution in [0.5, 0.6) is 11.5 Å². The molecule has 7 heteroatoms. The van der Waals surface area contributed by atoms with Crippen molar-refractivity contribution in [3.8, 4) is 22.8 Å². The van der Waals surface area contributed by atoms with Crippen molar-refractivity contribution >= 4 is 5.91 Å². The Morgan fingerprint density at radius 1 is 1.15 bits per heavy atom. The molecule has 0 spiro atoms. The van der Waals surface area contributed by atoms with Gasteiger partial charge in [0.05, 0.1) is 32.2 Å². The van der Waals surface area contributed by atoms with Gasteiger partial charge in [0.2, 0.25) is 0 Å². The van der Waals surface area contributed by atoms with Crippen LogP contribution in [0, 0.1) is 0 Å². The molecule has 0 fully saturated rings. The Morgan fingerprint density at radius 3 is 2.69 bits per heavy atom. The minimum Gasteiger partial charge on any atom is -0.497 e. The number of carbonyl (C=O) groups is 1. The summed E-state index contributed by atoms with van der Waals surface area (Å²) in [6, 6.07) is 12.8. The molecule has 0 atom stereocenters. The fourth-order valence-electron chi connectivity index (χ4n) is 2.61. The van der Waals surface area contributed by atoms with Crippen molar-refractivity contribution in [2.75, 3.05) is 14.2 Å². The number of nitrogens with one attached hydrogen (secondary N) is 1. The third-order valence-corrected chi connectivity index (χ3v) is 3.95. The highest BCUT2D eigenvalue weighted by molar-refractivity contribution is 5.93. The molecule has 0 unspecified atom stereocenters. The van der Waals surface area contributed by atoms with Gasteiger partial charge in [-0.25, -0.2) is 0 Å². The molecule has 0 aliphatic carbocycles. The maximum atomic E-state index is 12.4. The molecular weight excluding hydrogens is 332 g/mol. The van der Waals surface area contributed by atoms with Crippen LogP contribution in [0.4, 0.5) is 0 Å². The van der Waals surface area contributed by atoms with E-state index in [4.69, 9.17) is 9.47 Å². The van der Waals surface area contributed by atoms with Crippen molar-refractivity contribution in [1.82, 2.24) is 20.1 Å². The van der Waals surface area contributed by atoms with E-state index in [0.717, 1.165) is 17.0 Å². The third kappa shape index (κ3) is 3.66. The number of hydrogen-bond acceptors (Lipinski definition) is 5. The van der Waals surface area contributed by atoms with Crippen LogP contribution in [-0.2, 0) is 13.6 Å². The van der Waals surface area contributed by atoms with Crippen LogP contribution in [0.2, 0.25) is 0 Å². The Bertz CT molecular complexity index is 906. The van der Waals surface area contributed by atoms with Gasteiger partial charge in [-0.15, -0.1) is 0 Å². The first-order chi connectivity index (χ1) is 12.6. The quantitative estimate of drug-likeness (QED) is 0.737. The standard InChI is InChI=1S/C19H20N4O3/c1-23-17(15-10-14(25-2)7-8-18(15)26-3)11-16(22-23)19(24)21-12-13-6-4-5-9-20-13/h4-11H,12H2,1-3H3,(H,21,24). The first kappa shape index (κ1) is 17.5. The summed E-state index contributed by atoms with van der Waals surface area (Å²) in [5, 5.41) is 7.14. The zero-order valence-electron chi connectivity index (χ0n) is 14.9. The summed E-state index contributed by atoms with van der Waals surface area (Å²) in [5.74, 6) is 1.11. The molecule has 134 valence electrons. The second kappa shape index (κ2) is 7.69. The topological polar surface area (TPSA) is 78.3 Å². The van der Waals surface area contributed by atoms with Crippen LogP contribution < -0.4 is 14.8 Å². The van der Waals surface area contributed by atoms with E-state index in [1.54, 1.807) is 38.2 Å². The van der Waals surface area contributed by atoms with E-state index in [2.05, 4.69) is 15.4 Å². The van der Waals surface area contributed by atoms with Gasteiger partial charge in [0.15, 0.2) is 5.69 Å². The second-order valence-corrected chi connectivity index (χ2v) is 5.61. The van der Waals surface area contributed by atoms with Gasteiger partial charge >= 0.3 is 0 Å². The number of hydrogen-bond donors (Lipinski definition) is 1. The molecule has 0 saturated heterocycles. The molecule has 1 N–H and O–H groups in total. The summed E-state index contributed by atoms with van der Waals surface area (Å²) in [6.45, 7) is 0.341. The largest absolute Gasteiger partial charge is 0.497 e. The number of nitrogens with zero attached hydrogens (tertiary/aromatic N) is 3. The Kier molecular flexibility index (Phi) is 5.17. The van der Waals surface area contributed by atoms with E-state index in [1.165, 1.54) is 0 Å². The van der Waals surface area contributed by atoms with Gasteiger partial charge in [0, 0.05) is 18.8 Å². The van der Waals surface area contributed by atoms with Gasteiger partial charge in [0.25, 0.3) is 5.91 Å². The molecule has 0 saturated carbocycles. The monoisotopic (exact) mass is 352 g/mol. The number of ether oxygens (including phenoxy) is 2. The van der Waals surface area contributed by atoms with Gasteiger partial charge in [-0.05, 0) is 36.4 Å². The normalized spacial score (nSPS) is 10.4. The van der Waals surface area contributed by atoms with Crippen LogP contribution in [-0.4, -0.2) is 34.9 Å². The van der Waals surface area contributed by atoms with Crippen molar-refractivity contribution in [2.45, 2.75) is 6.54 Å². The van der Waals surface area contributed by atoms with E-state index in [9.17, 15) is 4.79 Å². The molecular formula is C19H20N4O3. The van der Waals surface area contributed by atoms with E-state index in [0.29, 0.717) is 23.7 Å². The van der Waals surface area contributed by atoms with E-state index < -0.39 is 0 Å². The molecule has 2 heterocycles. The molecule has 26 heavy (non-hydrogen) atoms. The summed E-state index contributed by atoms with van der Waals surface area (Å²) in [5.41, 5.74) is 2.66. The minimum absolute atomic E-state index is 0.264. The predicted molar refractivity (Wildman–Crippen MR) is 97.2 cm³/mol. The molecule has 2 aromatic heterocycles. The number of carbonyl (C=O) groups excluding carboxylic acids is 1. The summed E-state index contributed by atoms with van der Waals surface area (Å²) in [7, 11) is 4.98. The highest BCUT2D eigenvalue weighted by Crippen LogP contribution is 2.33. The number of aryl methyl sites for hydroxylation is 1. The molecule has 7 nitrogen and oxygen atoms in total. The lowest BCUT2D eigenvalue weighted by atomic mass is 10.1. The highest BCUT2D eigenvalue weighted by atomic mass is 16.5. The molecule has 0 aliphatic rings. The van der Waals surface area contributed by atoms with Crippen LogP contribution in [0.25, 0.3) is 11.3 Å². The molecule has 1 amide bonds. The summed E-state index contributed by atoms with van der Waals surface area (Å²) in [6.07, 6.45) is 1.69. The fraction of sp³-hybridized carbons (Fsp3) is 0.211. The zero-order chi connectivity index (χ0) is 18.5. The Morgan fingerprint density at radius 2 is 2.00 bits per heavy atom. The van der Waals surface area contributed by atoms with Crippen molar-refractivity contribution in [3.63, 3.8) is 0 Å². The molecule has 0 aliphatic heterocycles. The van der Waals surface area contributed by atoms with Crippen molar-refractivity contribution in [1.29, 1.82) is 0 Å². The lowest BCUT2D eigenvalue weighted by molar-refractivity contribution is 0.0944. The zero-order valence-corrected chi connectivity index (χ0v) is 14.9. The van der Waals surface area contributed by atoms with Crippen molar-refractivity contribution in [2.24, 2.45) is 7.05 Å². The summed E-state index contributed by atoms with van der Waals surface area (Å²) in [4.78, 5) is 16.6. The SMILES string of the molecule is COc1ccc(OC)c(-c2cc(C(=O)NCc3ccccn3)nn2C)c1. The highest BCUT2D eigenvalue weighted by Gasteiger charge is 2.17. The molecule has 0 bridgehead atoms. The summed E-state index contributed by atoms with van der Waals surface area (Å²) < 4.78 is 12.4. The first-order valence-electron chi connectivity index (χ1n) is 8.07. The van der Waals surface area contributed by atoms with Crippen LogP contribution in [0.1, 0.15) is 16.2 Å². The number of amides is 1. The number of aromatic nitrogens is 3. The lowest BCUT2D eigenvalue weighted by Gasteiger charge is -2.10. The van der Waals surface area contributed by atoms with E-state index in [1.807, 2.05) is 36.4 Å².